The molecule has 0 aromatic carbocycles. The minimum Gasteiger partial charge on any atom is -0.344 e. The third-order valence-electron chi connectivity index (χ3n) is 1.63. The topological polar surface area (TPSA) is 32.6 Å². The quantitative estimate of drug-likeness (QED) is 0.619. The molecule has 2 aromatic rings. The average Bonchev–Trinajstić information content (AvgIpc) is 2.56. The minimum atomic E-state index is 0.869. The van der Waals surface area contributed by atoms with E-state index in [-0.39, 0.29) is 0 Å². The second kappa shape index (κ2) is 2.77. The van der Waals surface area contributed by atoms with E-state index in [2.05, 4.69) is 17.0 Å². The highest BCUT2D eigenvalue weighted by Crippen LogP contribution is 2.09. The van der Waals surface area contributed by atoms with Crippen LogP contribution in [0.2, 0.25) is 0 Å². The molecule has 0 bridgehead atoms. The lowest BCUT2D eigenvalue weighted by Gasteiger charge is -1.92. The molecule has 0 aliphatic rings. The Balaban J connectivity index is 2.48. The first kappa shape index (κ1) is 7.03. The molecule has 0 unspecified atom stereocenters. The predicted molar refractivity (Wildman–Crippen MR) is 45.0 cm³/mol. The van der Waals surface area contributed by atoms with Crippen LogP contribution in [-0.4, -0.2) is 9.97 Å². The number of hydrogen-bond acceptors (Lipinski definition) is 1. The van der Waals surface area contributed by atoms with Crippen molar-refractivity contribution in [3.05, 3.63) is 44.0 Å². The van der Waals surface area contributed by atoms with Gasteiger partial charge in [0.2, 0.25) is 7.05 Å². The Kier molecular flexibility index (Phi) is 1.63. The number of nitrogens with zero attached hydrogens (tertiary/aromatic N) is 2. The van der Waals surface area contributed by atoms with E-state index in [1.807, 2.05) is 24.5 Å². The van der Waals surface area contributed by atoms with Crippen LogP contribution in [0.3, 0.4) is 0 Å². The van der Waals surface area contributed by atoms with E-state index in [9.17, 15) is 0 Å². The fourth-order valence-corrected chi connectivity index (χ4v) is 1.09. The van der Waals surface area contributed by atoms with E-state index in [4.69, 9.17) is 0 Å². The highest BCUT2D eigenvalue weighted by Gasteiger charge is 2.02. The Morgan fingerprint density at radius 2 is 2.42 bits per heavy atom. The normalized spacial score (nSPS) is 10.1. The molecule has 2 rings (SSSR count). The summed E-state index contributed by atoms with van der Waals surface area (Å²) in [5, 5.41) is 0. The van der Waals surface area contributed by atoms with Crippen molar-refractivity contribution in [1.29, 1.82) is 0 Å². The first-order valence-corrected chi connectivity index (χ1v) is 3.68. The lowest BCUT2D eigenvalue weighted by Crippen LogP contribution is -2.23. The van der Waals surface area contributed by atoms with Gasteiger partial charge in [0.25, 0.3) is 0 Å². The molecule has 0 fully saturated rings. The van der Waals surface area contributed by atoms with Crippen LogP contribution in [-0.2, 0) is 0 Å². The zero-order valence-corrected chi connectivity index (χ0v) is 6.57. The van der Waals surface area contributed by atoms with E-state index in [0.29, 0.717) is 0 Å². The molecule has 1 radical (unpaired) electrons. The van der Waals surface area contributed by atoms with Crippen LogP contribution < -0.4 is 4.57 Å². The summed E-state index contributed by atoms with van der Waals surface area (Å²) < 4.78 is 1.75. The molecule has 59 valence electrons. The predicted octanol–water partition coefficient (Wildman–Crippen LogP) is 1.00. The maximum absolute atomic E-state index is 4.13. The van der Waals surface area contributed by atoms with E-state index in [1.54, 1.807) is 17.0 Å². The molecule has 1 N–H and O–H groups in total. The molecule has 0 atom stereocenters. The van der Waals surface area contributed by atoms with Gasteiger partial charge < -0.3 is 4.98 Å². The van der Waals surface area contributed by atoms with Crippen molar-refractivity contribution in [2.75, 3.05) is 0 Å². The molecule has 2 heterocycles. The molecule has 2 aromatic heterocycles. The summed E-state index contributed by atoms with van der Waals surface area (Å²) in [5.74, 6) is 0.869. The highest BCUT2D eigenvalue weighted by atomic mass is 14.9. The van der Waals surface area contributed by atoms with Gasteiger partial charge in [0, 0.05) is 18.5 Å². The van der Waals surface area contributed by atoms with E-state index < -0.39 is 0 Å². The average molecular weight is 159 g/mol. The highest BCUT2D eigenvalue weighted by molar-refractivity contribution is 5.51. The third kappa shape index (κ3) is 1.21. The van der Waals surface area contributed by atoms with Crippen molar-refractivity contribution < 1.29 is 4.57 Å². The summed E-state index contributed by atoms with van der Waals surface area (Å²) >= 11 is 0. The van der Waals surface area contributed by atoms with E-state index >= 15 is 0 Å². The van der Waals surface area contributed by atoms with Crippen LogP contribution in [0.4, 0.5) is 0 Å². The van der Waals surface area contributed by atoms with Crippen molar-refractivity contribution in [1.82, 2.24) is 9.97 Å². The van der Waals surface area contributed by atoms with Crippen molar-refractivity contribution in [3.8, 4) is 11.4 Å². The summed E-state index contributed by atoms with van der Waals surface area (Å²) in [6.45, 7) is 0. The molecule has 0 aliphatic carbocycles. The zero-order valence-electron chi connectivity index (χ0n) is 6.57. The van der Waals surface area contributed by atoms with Crippen LogP contribution in [0.1, 0.15) is 0 Å². The fraction of sp³-hybridized carbons (Fsp3) is 0. The van der Waals surface area contributed by atoms with Gasteiger partial charge in [-0.05, 0) is 6.07 Å². The van der Waals surface area contributed by atoms with E-state index in [1.165, 1.54) is 0 Å². The molecule has 0 saturated heterocycles. The summed E-state index contributed by atoms with van der Waals surface area (Å²) in [7, 11) is 3.77. The largest absolute Gasteiger partial charge is 0.344 e. The van der Waals surface area contributed by atoms with Crippen molar-refractivity contribution in [3.63, 3.8) is 0 Å². The van der Waals surface area contributed by atoms with Crippen LogP contribution >= 0.6 is 0 Å². The Morgan fingerprint density at radius 3 is 3.08 bits per heavy atom. The van der Waals surface area contributed by atoms with Crippen molar-refractivity contribution in [2.24, 2.45) is 0 Å². The first-order valence-electron chi connectivity index (χ1n) is 3.68. The molecule has 0 spiro atoms. The van der Waals surface area contributed by atoms with Gasteiger partial charge in [-0.15, -0.1) is 0 Å². The Bertz CT molecular complexity index is 365. The van der Waals surface area contributed by atoms with Gasteiger partial charge in [-0.3, -0.25) is 0 Å². The molecular formula is C9H9N3+. The maximum atomic E-state index is 4.13. The number of nitrogens with one attached hydrogen (secondary N) is 1. The van der Waals surface area contributed by atoms with Crippen LogP contribution in [0.25, 0.3) is 11.4 Å². The molecule has 0 saturated carbocycles. The first-order chi connectivity index (χ1) is 5.86. The number of aromatic amines is 1. The molecule has 3 nitrogen and oxygen atoms in total. The van der Waals surface area contributed by atoms with Crippen molar-refractivity contribution >= 4 is 0 Å². The number of pyridine rings is 1. The van der Waals surface area contributed by atoms with Crippen molar-refractivity contribution in [2.45, 2.75) is 0 Å². The number of aromatic nitrogens is 3. The Hall–Kier alpha value is -1.64. The van der Waals surface area contributed by atoms with Gasteiger partial charge in [0.1, 0.15) is 5.82 Å². The zero-order chi connectivity index (χ0) is 8.39. The lowest BCUT2D eigenvalue weighted by molar-refractivity contribution is -0.611. The van der Waals surface area contributed by atoms with Gasteiger partial charge in [0.15, 0.2) is 12.4 Å². The second-order valence-corrected chi connectivity index (χ2v) is 2.54. The fourth-order valence-electron chi connectivity index (χ4n) is 1.09. The van der Waals surface area contributed by atoms with Gasteiger partial charge in [-0.1, -0.05) is 0 Å². The summed E-state index contributed by atoms with van der Waals surface area (Å²) in [5.41, 5.74) is 1.04. The van der Waals surface area contributed by atoms with Gasteiger partial charge in [-0.25, -0.2) is 4.98 Å². The Morgan fingerprint density at radius 1 is 1.50 bits per heavy atom. The van der Waals surface area contributed by atoms with Crippen LogP contribution in [0.5, 0.6) is 0 Å². The standard InChI is InChI=1S/C9H9N3/c1-12-6-2-3-8(7-12)9-10-4-5-11-9/h2-7H,1H2,(H,10,11)/q+1. The van der Waals surface area contributed by atoms with E-state index in [0.717, 1.165) is 11.4 Å². The van der Waals surface area contributed by atoms with Gasteiger partial charge in [-0.2, -0.15) is 4.57 Å². The number of rotatable bonds is 1. The van der Waals surface area contributed by atoms with Crippen LogP contribution in [0, 0.1) is 7.05 Å². The monoisotopic (exact) mass is 159 g/mol. The lowest BCUT2D eigenvalue weighted by atomic mass is 10.3. The molecule has 0 amide bonds. The molecule has 3 heteroatoms. The minimum absolute atomic E-state index is 0.869. The second-order valence-electron chi connectivity index (χ2n) is 2.54. The molecule has 12 heavy (non-hydrogen) atoms. The Labute approximate surface area is 70.7 Å². The maximum Gasteiger partial charge on any atom is 0.206 e. The number of H-pyrrole nitrogens is 1. The summed E-state index contributed by atoms with van der Waals surface area (Å²) in [6, 6.07) is 3.92. The summed E-state index contributed by atoms with van der Waals surface area (Å²) in [4.78, 5) is 7.16. The number of hydrogen-bond donors (Lipinski definition) is 1. The third-order valence-corrected chi connectivity index (χ3v) is 1.63. The van der Waals surface area contributed by atoms with Gasteiger partial charge >= 0.3 is 0 Å². The summed E-state index contributed by atoms with van der Waals surface area (Å²) in [6.07, 6.45) is 7.33. The van der Waals surface area contributed by atoms with Gasteiger partial charge in [0.05, 0.1) is 5.56 Å². The smallest absolute Gasteiger partial charge is 0.206 e. The van der Waals surface area contributed by atoms with Crippen LogP contribution in [0.15, 0.2) is 36.9 Å². The number of imidazole rings is 1. The molecular weight excluding hydrogens is 150 g/mol. The molecule has 0 aliphatic heterocycles. The SMILES string of the molecule is [CH2][n+]1cccc(-c2ncc[nH]2)c1.